The van der Waals surface area contributed by atoms with Crippen LogP contribution in [-0.4, -0.2) is 30.7 Å². The number of rotatable bonds is 28. The van der Waals surface area contributed by atoms with E-state index in [0.717, 1.165) is 0 Å². The number of unbranched alkanes of at least 4 members (excludes halogenated alkanes) is 20. The Hall–Kier alpha value is 0.959. The van der Waals surface area contributed by atoms with Gasteiger partial charge in [-0.3, -0.25) is 0 Å². The van der Waals surface area contributed by atoms with Crippen LogP contribution in [0.5, 0.6) is 0 Å². The maximum atomic E-state index is 2.34. The van der Waals surface area contributed by atoms with E-state index in [2.05, 4.69) is 27.7 Å². The van der Waals surface area contributed by atoms with Crippen molar-refractivity contribution < 1.29 is 38.5 Å². The molecule has 0 aromatic heterocycles. The first-order valence-corrected chi connectivity index (χ1v) is 16.1. The van der Waals surface area contributed by atoms with E-state index in [0.29, 0.717) is 0 Å². The van der Waals surface area contributed by atoms with Crippen molar-refractivity contribution in [2.75, 3.05) is 26.2 Å². The minimum Gasteiger partial charge on any atom is -1.00 e. The smallest absolute Gasteiger partial charge is 0.0786 e. The molecule has 0 amide bonds. The molecular formula is C32H68BrCuN. The average molecular weight is 610 g/mol. The fourth-order valence-electron chi connectivity index (χ4n) is 5.58. The van der Waals surface area contributed by atoms with Crippen molar-refractivity contribution >= 4 is 0 Å². The summed E-state index contributed by atoms with van der Waals surface area (Å²) in [6.45, 7) is 15.3. The summed E-state index contributed by atoms with van der Waals surface area (Å²) in [6.07, 6.45) is 34.8. The van der Waals surface area contributed by atoms with E-state index in [-0.39, 0.29) is 34.1 Å². The molecule has 0 saturated carbocycles. The molecule has 0 N–H and O–H groups in total. The molecular weight excluding hydrogens is 542 g/mol. The molecule has 1 nitrogen and oxygen atoms in total. The fraction of sp³-hybridized carbons (Fsp3) is 1.00. The third-order valence-electron chi connectivity index (χ3n) is 7.94. The molecule has 1 radical (unpaired) electrons. The minimum atomic E-state index is 0. The second-order valence-corrected chi connectivity index (χ2v) is 11.3. The molecule has 0 spiro atoms. The van der Waals surface area contributed by atoms with Crippen molar-refractivity contribution in [3.05, 3.63) is 0 Å². The van der Waals surface area contributed by atoms with Crippen LogP contribution in [0.1, 0.15) is 182 Å². The van der Waals surface area contributed by atoms with Gasteiger partial charge in [-0.1, -0.05) is 130 Å². The van der Waals surface area contributed by atoms with Crippen LogP contribution in [0.3, 0.4) is 0 Å². The van der Waals surface area contributed by atoms with Gasteiger partial charge in [0.05, 0.1) is 26.2 Å². The van der Waals surface area contributed by atoms with Crippen LogP contribution < -0.4 is 17.0 Å². The summed E-state index contributed by atoms with van der Waals surface area (Å²) >= 11 is 0. The summed E-state index contributed by atoms with van der Waals surface area (Å²) in [5.41, 5.74) is 0. The molecule has 0 aromatic rings. The summed E-state index contributed by atoms with van der Waals surface area (Å²) in [5.74, 6) is 0. The monoisotopic (exact) mass is 608 g/mol. The largest absolute Gasteiger partial charge is 1.00 e. The van der Waals surface area contributed by atoms with E-state index in [1.807, 2.05) is 0 Å². The predicted octanol–water partition coefficient (Wildman–Crippen LogP) is 8.25. The molecule has 0 unspecified atom stereocenters. The zero-order valence-corrected chi connectivity index (χ0v) is 27.5. The molecule has 0 aliphatic carbocycles. The van der Waals surface area contributed by atoms with Crippen LogP contribution >= 0.6 is 0 Å². The summed E-state index contributed by atoms with van der Waals surface area (Å²) < 4.78 is 1.48. The normalized spacial score (nSPS) is 11.3. The van der Waals surface area contributed by atoms with Crippen LogP contribution in [0.15, 0.2) is 0 Å². The van der Waals surface area contributed by atoms with E-state index in [9.17, 15) is 0 Å². The fourth-order valence-corrected chi connectivity index (χ4v) is 5.58. The molecule has 35 heavy (non-hydrogen) atoms. The van der Waals surface area contributed by atoms with E-state index in [1.165, 1.54) is 185 Å². The van der Waals surface area contributed by atoms with Gasteiger partial charge in [0.1, 0.15) is 0 Å². The van der Waals surface area contributed by atoms with E-state index in [4.69, 9.17) is 0 Å². The van der Waals surface area contributed by atoms with E-state index < -0.39 is 0 Å². The Morgan fingerprint density at radius 2 is 0.457 bits per heavy atom. The standard InChI is InChI=1S/C32H68N.BrH.Cu/c1-5-9-13-17-21-25-29-33(30-26-22-18-14-10-6-2,31-27-23-19-15-11-7-3)32-28-24-20-16-12-8-4;;/h5-32H2,1-4H3;1H;/q+1;;/p-1. The first-order valence-electron chi connectivity index (χ1n) is 16.1. The molecule has 0 fully saturated rings. The van der Waals surface area contributed by atoms with Crippen molar-refractivity contribution in [3.8, 4) is 0 Å². The van der Waals surface area contributed by atoms with Gasteiger partial charge in [0.2, 0.25) is 0 Å². The van der Waals surface area contributed by atoms with Gasteiger partial charge in [0.15, 0.2) is 0 Å². The van der Waals surface area contributed by atoms with Crippen LogP contribution in [0.2, 0.25) is 0 Å². The Kier molecular flexibility index (Phi) is 38.1. The zero-order chi connectivity index (χ0) is 24.3. The number of quaternary nitrogens is 1. The van der Waals surface area contributed by atoms with Crippen molar-refractivity contribution in [2.24, 2.45) is 0 Å². The van der Waals surface area contributed by atoms with Gasteiger partial charge in [0, 0.05) is 17.1 Å². The molecule has 0 aliphatic heterocycles. The maximum absolute atomic E-state index is 2.34. The van der Waals surface area contributed by atoms with Crippen LogP contribution in [0, 0.1) is 0 Å². The Balaban J connectivity index is -0.00000512. The van der Waals surface area contributed by atoms with Crippen LogP contribution in [0.25, 0.3) is 0 Å². The van der Waals surface area contributed by atoms with Gasteiger partial charge in [-0.25, -0.2) is 0 Å². The second-order valence-electron chi connectivity index (χ2n) is 11.3. The minimum absolute atomic E-state index is 0. The SMILES string of the molecule is CCCCCCCC[N+](CCCCCCCC)(CCCCCCCC)CCCCCCCC.[Br-].[Cu]. The average Bonchev–Trinajstić information content (AvgIpc) is 2.83. The Morgan fingerprint density at radius 1 is 0.286 bits per heavy atom. The van der Waals surface area contributed by atoms with E-state index >= 15 is 0 Å². The van der Waals surface area contributed by atoms with Gasteiger partial charge in [0.25, 0.3) is 0 Å². The topological polar surface area (TPSA) is 0 Å². The first-order chi connectivity index (χ1) is 16.2. The number of hydrogen-bond acceptors (Lipinski definition) is 0. The zero-order valence-electron chi connectivity index (χ0n) is 24.9. The number of nitrogens with zero attached hydrogens (tertiary/aromatic N) is 1. The maximum Gasteiger partial charge on any atom is 0.0786 e. The second kappa shape index (κ2) is 33.0. The van der Waals surface area contributed by atoms with Gasteiger partial charge in [-0.2, -0.15) is 0 Å². The van der Waals surface area contributed by atoms with E-state index in [1.54, 1.807) is 0 Å². The summed E-state index contributed by atoms with van der Waals surface area (Å²) in [5, 5.41) is 0. The van der Waals surface area contributed by atoms with Gasteiger partial charge in [-0.05, 0) is 51.4 Å². The summed E-state index contributed by atoms with van der Waals surface area (Å²) in [6, 6.07) is 0. The first kappa shape index (κ1) is 40.5. The van der Waals surface area contributed by atoms with Crippen molar-refractivity contribution in [1.29, 1.82) is 0 Å². The van der Waals surface area contributed by atoms with Crippen LogP contribution in [-0.2, 0) is 17.1 Å². The third-order valence-corrected chi connectivity index (χ3v) is 7.94. The summed E-state index contributed by atoms with van der Waals surface area (Å²) in [7, 11) is 0. The molecule has 0 aromatic carbocycles. The molecule has 0 bridgehead atoms. The van der Waals surface area contributed by atoms with Gasteiger partial charge < -0.3 is 21.5 Å². The van der Waals surface area contributed by atoms with Gasteiger partial charge >= 0.3 is 0 Å². The molecule has 0 rings (SSSR count). The van der Waals surface area contributed by atoms with Crippen molar-refractivity contribution in [2.45, 2.75) is 182 Å². The molecule has 219 valence electrons. The predicted molar refractivity (Wildman–Crippen MR) is 153 cm³/mol. The molecule has 0 atom stereocenters. The van der Waals surface area contributed by atoms with Gasteiger partial charge in [-0.15, -0.1) is 0 Å². The quantitative estimate of drug-likeness (QED) is 0.0476. The molecule has 3 heteroatoms. The number of hydrogen-bond donors (Lipinski definition) is 0. The molecule has 0 aliphatic rings. The third kappa shape index (κ3) is 27.8. The van der Waals surface area contributed by atoms with Crippen LogP contribution in [0.4, 0.5) is 0 Å². The van der Waals surface area contributed by atoms with Crippen molar-refractivity contribution in [1.82, 2.24) is 0 Å². The summed E-state index contributed by atoms with van der Waals surface area (Å²) in [4.78, 5) is 0. The Bertz CT molecular complexity index is 294. The molecule has 0 saturated heterocycles. The van der Waals surface area contributed by atoms with Crippen molar-refractivity contribution in [3.63, 3.8) is 0 Å². The Labute approximate surface area is 245 Å². The molecule has 0 heterocycles. The Morgan fingerprint density at radius 3 is 0.657 bits per heavy atom. The number of halogens is 1.